The van der Waals surface area contributed by atoms with Crippen LogP contribution >= 0.6 is 11.6 Å². The van der Waals surface area contributed by atoms with Crippen molar-refractivity contribution in [1.82, 2.24) is 4.31 Å². The first kappa shape index (κ1) is 25.1. The van der Waals surface area contributed by atoms with E-state index in [9.17, 15) is 21.6 Å². The molecule has 9 nitrogen and oxygen atoms in total. The molecule has 0 bridgehead atoms. The van der Waals surface area contributed by atoms with Gasteiger partial charge in [0.05, 0.1) is 33.6 Å². The number of anilines is 2. The summed E-state index contributed by atoms with van der Waals surface area (Å²) in [5.74, 6) is -0.632. The molecule has 0 saturated carbocycles. The highest BCUT2D eigenvalue weighted by atomic mass is 35.5. The van der Waals surface area contributed by atoms with Gasteiger partial charge in [-0.05, 0) is 54.6 Å². The predicted molar refractivity (Wildman–Crippen MR) is 133 cm³/mol. The number of para-hydroxylation sites is 1. The third kappa shape index (κ3) is 5.82. The van der Waals surface area contributed by atoms with E-state index in [0.29, 0.717) is 24.6 Å². The van der Waals surface area contributed by atoms with Gasteiger partial charge in [-0.3, -0.25) is 9.52 Å². The molecule has 0 spiro atoms. The van der Waals surface area contributed by atoms with Gasteiger partial charge in [-0.1, -0.05) is 29.8 Å². The maximum atomic E-state index is 12.9. The van der Waals surface area contributed by atoms with Crippen molar-refractivity contribution in [2.24, 2.45) is 0 Å². The molecule has 4 rings (SSSR count). The SMILES string of the molecule is O=C(Nc1ccc(S(=O)(=O)Nc2ccccc2)cc1)c1cc(S(=O)(=O)N2CCOCC2)ccc1Cl. The van der Waals surface area contributed by atoms with Crippen molar-refractivity contribution in [2.45, 2.75) is 9.79 Å². The van der Waals surface area contributed by atoms with E-state index in [1.807, 2.05) is 0 Å². The number of carbonyl (C=O) groups is 1. The molecule has 1 aliphatic rings. The lowest BCUT2D eigenvalue weighted by molar-refractivity contribution is 0.0730. The van der Waals surface area contributed by atoms with Crippen LogP contribution in [0.3, 0.4) is 0 Å². The highest BCUT2D eigenvalue weighted by Crippen LogP contribution is 2.25. The number of hydrogen-bond donors (Lipinski definition) is 2. The molecule has 2 N–H and O–H groups in total. The van der Waals surface area contributed by atoms with Crippen molar-refractivity contribution in [3.63, 3.8) is 0 Å². The van der Waals surface area contributed by atoms with Gasteiger partial charge in [0.2, 0.25) is 10.0 Å². The Morgan fingerprint density at radius 1 is 0.829 bits per heavy atom. The van der Waals surface area contributed by atoms with Crippen LogP contribution in [-0.4, -0.2) is 53.4 Å². The molecular weight excluding hydrogens is 514 g/mol. The second kappa shape index (κ2) is 10.3. The zero-order valence-corrected chi connectivity index (χ0v) is 20.7. The maximum absolute atomic E-state index is 12.9. The van der Waals surface area contributed by atoms with E-state index < -0.39 is 26.0 Å². The van der Waals surface area contributed by atoms with Crippen LogP contribution in [0.1, 0.15) is 10.4 Å². The lowest BCUT2D eigenvalue weighted by atomic mass is 10.2. The number of halogens is 1. The average molecular weight is 536 g/mol. The van der Waals surface area contributed by atoms with Gasteiger partial charge < -0.3 is 10.1 Å². The average Bonchev–Trinajstić information content (AvgIpc) is 2.85. The molecule has 1 aliphatic heterocycles. The molecule has 0 aromatic heterocycles. The number of hydrogen-bond acceptors (Lipinski definition) is 6. The molecule has 3 aromatic rings. The second-order valence-corrected chi connectivity index (χ2v) is 11.6. The Labute approximate surface area is 208 Å². The van der Waals surface area contributed by atoms with E-state index in [0.717, 1.165) is 0 Å². The minimum absolute atomic E-state index is 0.0102. The van der Waals surface area contributed by atoms with Crippen molar-refractivity contribution in [1.29, 1.82) is 0 Å². The van der Waals surface area contributed by atoms with E-state index in [-0.39, 0.29) is 33.5 Å². The molecular formula is C23H22ClN3O6S2. The number of nitrogens with one attached hydrogen (secondary N) is 2. The molecule has 1 heterocycles. The Morgan fingerprint density at radius 3 is 2.11 bits per heavy atom. The van der Waals surface area contributed by atoms with Crippen LogP contribution in [0.15, 0.2) is 82.6 Å². The van der Waals surface area contributed by atoms with Crippen molar-refractivity contribution in [3.8, 4) is 0 Å². The van der Waals surface area contributed by atoms with Crippen molar-refractivity contribution < 1.29 is 26.4 Å². The lowest BCUT2D eigenvalue weighted by Gasteiger charge is -2.26. The highest BCUT2D eigenvalue weighted by Gasteiger charge is 2.27. The first-order valence-corrected chi connectivity index (χ1v) is 13.8. The normalized spacial score (nSPS) is 14.9. The van der Waals surface area contributed by atoms with Crippen LogP contribution < -0.4 is 10.0 Å². The van der Waals surface area contributed by atoms with Crippen molar-refractivity contribution in [2.75, 3.05) is 36.3 Å². The fourth-order valence-electron chi connectivity index (χ4n) is 3.41. The Balaban J connectivity index is 1.50. The summed E-state index contributed by atoms with van der Waals surface area (Å²) in [5, 5.41) is 2.70. The number of sulfonamides is 2. The van der Waals surface area contributed by atoms with Crippen LogP contribution in [-0.2, 0) is 24.8 Å². The number of ether oxygens (including phenoxy) is 1. The lowest BCUT2D eigenvalue weighted by Crippen LogP contribution is -2.40. The van der Waals surface area contributed by atoms with Crippen LogP contribution in [0.5, 0.6) is 0 Å². The van der Waals surface area contributed by atoms with Crippen LogP contribution in [0.25, 0.3) is 0 Å². The zero-order valence-electron chi connectivity index (χ0n) is 18.3. The van der Waals surface area contributed by atoms with Gasteiger partial charge in [-0.2, -0.15) is 4.31 Å². The summed E-state index contributed by atoms with van der Waals surface area (Å²) < 4.78 is 60.0. The number of benzene rings is 3. The molecule has 1 amide bonds. The molecule has 0 unspecified atom stereocenters. The molecule has 3 aromatic carbocycles. The molecule has 35 heavy (non-hydrogen) atoms. The largest absolute Gasteiger partial charge is 0.379 e. The van der Waals surface area contributed by atoms with Crippen LogP contribution in [0, 0.1) is 0 Å². The summed E-state index contributed by atoms with van der Waals surface area (Å²) in [6, 6.07) is 17.9. The Morgan fingerprint density at radius 2 is 1.46 bits per heavy atom. The first-order valence-electron chi connectivity index (χ1n) is 10.5. The first-order chi connectivity index (χ1) is 16.7. The van der Waals surface area contributed by atoms with Gasteiger partial charge >= 0.3 is 0 Å². The number of rotatable bonds is 7. The van der Waals surface area contributed by atoms with Gasteiger partial charge in [0.25, 0.3) is 15.9 Å². The smallest absolute Gasteiger partial charge is 0.261 e. The fraction of sp³-hybridized carbons (Fsp3) is 0.174. The topological polar surface area (TPSA) is 122 Å². The van der Waals surface area contributed by atoms with Gasteiger partial charge in [0.1, 0.15) is 0 Å². The minimum atomic E-state index is -3.81. The Kier molecular flexibility index (Phi) is 7.43. The van der Waals surface area contributed by atoms with Gasteiger partial charge in [0, 0.05) is 24.5 Å². The Bertz CT molecular complexity index is 1420. The molecule has 0 atom stereocenters. The van der Waals surface area contributed by atoms with Crippen molar-refractivity contribution in [3.05, 3.63) is 83.4 Å². The van der Waals surface area contributed by atoms with E-state index in [4.69, 9.17) is 16.3 Å². The van der Waals surface area contributed by atoms with E-state index in [1.54, 1.807) is 30.3 Å². The molecule has 1 saturated heterocycles. The molecule has 0 aliphatic carbocycles. The number of morpholine rings is 1. The number of nitrogens with zero attached hydrogens (tertiary/aromatic N) is 1. The zero-order chi connectivity index (χ0) is 25.1. The molecule has 184 valence electrons. The standard InChI is InChI=1S/C23H22ClN3O6S2/c24-22-11-10-20(35(31,32)27-12-14-33-15-13-27)16-21(22)23(28)25-17-6-8-19(9-7-17)34(29,30)26-18-4-2-1-3-5-18/h1-11,16,26H,12-15H2,(H,25,28). The minimum Gasteiger partial charge on any atom is -0.379 e. The summed E-state index contributed by atoms with van der Waals surface area (Å²) in [6.07, 6.45) is 0. The van der Waals surface area contributed by atoms with Crippen LogP contribution in [0.2, 0.25) is 5.02 Å². The van der Waals surface area contributed by atoms with Crippen molar-refractivity contribution >= 4 is 48.9 Å². The molecule has 0 radical (unpaired) electrons. The van der Waals surface area contributed by atoms with Gasteiger partial charge in [-0.15, -0.1) is 0 Å². The summed E-state index contributed by atoms with van der Waals surface area (Å²) in [5.41, 5.74) is 0.709. The number of carbonyl (C=O) groups excluding carboxylic acids is 1. The van der Waals surface area contributed by atoms with Gasteiger partial charge in [-0.25, -0.2) is 16.8 Å². The molecule has 1 fully saturated rings. The number of amides is 1. The van der Waals surface area contributed by atoms with E-state index in [2.05, 4.69) is 10.0 Å². The van der Waals surface area contributed by atoms with E-state index in [1.165, 1.54) is 46.8 Å². The van der Waals surface area contributed by atoms with Crippen LogP contribution in [0.4, 0.5) is 11.4 Å². The third-order valence-corrected chi connectivity index (χ3v) is 8.86. The Hall–Kier alpha value is -2.96. The summed E-state index contributed by atoms with van der Waals surface area (Å²) in [4.78, 5) is 12.8. The summed E-state index contributed by atoms with van der Waals surface area (Å²) >= 11 is 6.18. The fourth-order valence-corrected chi connectivity index (χ4v) is 6.11. The predicted octanol–water partition coefficient (Wildman–Crippen LogP) is 3.41. The highest BCUT2D eigenvalue weighted by molar-refractivity contribution is 7.92. The second-order valence-electron chi connectivity index (χ2n) is 7.61. The maximum Gasteiger partial charge on any atom is 0.261 e. The molecule has 12 heteroatoms. The monoisotopic (exact) mass is 535 g/mol. The quantitative estimate of drug-likeness (QED) is 0.478. The summed E-state index contributed by atoms with van der Waals surface area (Å²) in [7, 11) is -7.63. The van der Waals surface area contributed by atoms with Gasteiger partial charge in [0.15, 0.2) is 0 Å². The van der Waals surface area contributed by atoms with E-state index >= 15 is 0 Å². The third-order valence-electron chi connectivity index (χ3n) is 5.24. The summed E-state index contributed by atoms with van der Waals surface area (Å²) in [6.45, 7) is 1.04.